The third-order valence-corrected chi connectivity index (χ3v) is 4.89. The predicted octanol–water partition coefficient (Wildman–Crippen LogP) is 1.94. The van der Waals surface area contributed by atoms with E-state index in [1.54, 1.807) is 0 Å². The first kappa shape index (κ1) is 19.8. The lowest BCUT2D eigenvalue weighted by Crippen LogP contribution is -2.52. The fourth-order valence-electron chi connectivity index (χ4n) is 3.58. The largest absolute Gasteiger partial charge is 0.478 e. The van der Waals surface area contributed by atoms with Crippen LogP contribution in [0, 0.1) is 5.92 Å². The molecule has 140 valence electrons. The van der Waals surface area contributed by atoms with Crippen molar-refractivity contribution in [1.29, 1.82) is 0 Å². The first-order chi connectivity index (χ1) is 11.7. The van der Waals surface area contributed by atoms with E-state index in [0.717, 1.165) is 51.4 Å². The highest BCUT2D eigenvalue weighted by Gasteiger charge is 2.30. The molecule has 2 saturated heterocycles. The Bertz CT molecular complexity index is 564. The van der Waals surface area contributed by atoms with Gasteiger partial charge in [0, 0.05) is 44.2 Å². The standard InChI is InChI=1S/C18H28N4O2.ClH/c1-3-24-17-6-4-5-16(20-17)21-9-11-22(12-10-21)18(23)15-7-8-19-14(2)13-15;/h4-6,14-15,19H,3,7-13H2,1-2H3;1H/t14-,15-;/m0./s1. The van der Waals surface area contributed by atoms with Crippen LogP contribution in [0.15, 0.2) is 18.2 Å². The molecule has 0 spiro atoms. The fourth-order valence-corrected chi connectivity index (χ4v) is 3.58. The predicted molar refractivity (Wildman–Crippen MR) is 102 cm³/mol. The number of hydrogen-bond acceptors (Lipinski definition) is 5. The van der Waals surface area contributed by atoms with Gasteiger partial charge in [0.25, 0.3) is 0 Å². The van der Waals surface area contributed by atoms with Crippen LogP contribution in [0.25, 0.3) is 0 Å². The number of aromatic nitrogens is 1. The molecule has 2 aliphatic heterocycles. The Kier molecular flexibility index (Phi) is 7.32. The van der Waals surface area contributed by atoms with Crippen molar-refractivity contribution in [3.63, 3.8) is 0 Å². The van der Waals surface area contributed by atoms with E-state index in [4.69, 9.17) is 4.74 Å². The van der Waals surface area contributed by atoms with Crippen LogP contribution in [0.4, 0.5) is 5.82 Å². The van der Waals surface area contributed by atoms with Crippen LogP contribution in [0.3, 0.4) is 0 Å². The summed E-state index contributed by atoms with van der Waals surface area (Å²) in [5.74, 6) is 2.12. The molecule has 3 rings (SSSR count). The lowest BCUT2D eigenvalue weighted by Gasteiger charge is -2.38. The summed E-state index contributed by atoms with van der Waals surface area (Å²) in [6.45, 7) is 8.90. The van der Waals surface area contributed by atoms with Crippen LogP contribution in [-0.4, -0.2) is 61.2 Å². The Morgan fingerprint density at radius 2 is 2.08 bits per heavy atom. The summed E-state index contributed by atoms with van der Waals surface area (Å²) in [5.41, 5.74) is 0. The number of carbonyl (C=O) groups excluding carboxylic acids is 1. The molecule has 1 amide bonds. The van der Waals surface area contributed by atoms with Crippen LogP contribution in [0.2, 0.25) is 0 Å². The third kappa shape index (κ3) is 4.98. The van der Waals surface area contributed by atoms with Gasteiger partial charge in [-0.2, -0.15) is 4.98 Å². The van der Waals surface area contributed by atoms with Gasteiger partial charge in [-0.3, -0.25) is 4.79 Å². The summed E-state index contributed by atoms with van der Waals surface area (Å²) in [5, 5.41) is 3.41. The van der Waals surface area contributed by atoms with Crippen molar-refractivity contribution in [2.75, 3.05) is 44.2 Å². The molecule has 0 radical (unpaired) electrons. The van der Waals surface area contributed by atoms with E-state index in [-0.39, 0.29) is 18.3 Å². The Morgan fingerprint density at radius 1 is 1.32 bits per heavy atom. The van der Waals surface area contributed by atoms with Gasteiger partial charge in [0.1, 0.15) is 5.82 Å². The first-order valence-electron chi connectivity index (χ1n) is 9.04. The minimum Gasteiger partial charge on any atom is -0.478 e. The highest BCUT2D eigenvalue weighted by molar-refractivity contribution is 5.85. The summed E-state index contributed by atoms with van der Waals surface area (Å²) in [6, 6.07) is 6.31. The summed E-state index contributed by atoms with van der Waals surface area (Å²) < 4.78 is 5.48. The Hall–Kier alpha value is -1.53. The fraction of sp³-hybridized carbons (Fsp3) is 0.667. The minimum absolute atomic E-state index is 0. The van der Waals surface area contributed by atoms with Gasteiger partial charge in [0.15, 0.2) is 0 Å². The maximum atomic E-state index is 12.7. The summed E-state index contributed by atoms with van der Waals surface area (Å²) in [4.78, 5) is 21.5. The number of pyridine rings is 1. The van der Waals surface area contributed by atoms with E-state index in [1.807, 2.05) is 30.0 Å². The van der Waals surface area contributed by atoms with Crippen LogP contribution in [0.1, 0.15) is 26.7 Å². The number of nitrogens with zero attached hydrogens (tertiary/aromatic N) is 3. The topological polar surface area (TPSA) is 57.7 Å². The highest BCUT2D eigenvalue weighted by Crippen LogP contribution is 2.22. The number of anilines is 1. The zero-order chi connectivity index (χ0) is 16.9. The van der Waals surface area contributed by atoms with Crippen molar-refractivity contribution in [3.8, 4) is 5.88 Å². The summed E-state index contributed by atoms with van der Waals surface area (Å²) in [7, 11) is 0. The van der Waals surface area contributed by atoms with E-state index in [2.05, 4.69) is 22.1 Å². The molecule has 1 aromatic rings. The Morgan fingerprint density at radius 3 is 2.76 bits per heavy atom. The quantitative estimate of drug-likeness (QED) is 0.880. The second-order valence-corrected chi connectivity index (χ2v) is 6.66. The summed E-state index contributed by atoms with van der Waals surface area (Å²) >= 11 is 0. The number of halogens is 1. The maximum absolute atomic E-state index is 12.7. The van der Waals surface area contributed by atoms with Crippen LogP contribution >= 0.6 is 12.4 Å². The molecule has 2 atom stereocenters. The van der Waals surface area contributed by atoms with Gasteiger partial charge in [0.2, 0.25) is 11.8 Å². The molecule has 0 aliphatic carbocycles. The zero-order valence-electron chi connectivity index (χ0n) is 15.1. The van der Waals surface area contributed by atoms with E-state index in [1.165, 1.54) is 0 Å². The van der Waals surface area contributed by atoms with Crippen LogP contribution in [-0.2, 0) is 4.79 Å². The number of ether oxygens (including phenoxy) is 1. The lowest BCUT2D eigenvalue weighted by molar-refractivity contribution is -0.137. The van der Waals surface area contributed by atoms with Gasteiger partial charge in [-0.1, -0.05) is 6.07 Å². The van der Waals surface area contributed by atoms with Crippen LogP contribution < -0.4 is 15.0 Å². The number of nitrogens with one attached hydrogen (secondary N) is 1. The summed E-state index contributed by atoms with van der Waals surface area (Å²) in [6.07, 6.45) is 1.92. The van der Waals surface area contributed by atoms with E-state index in [9.17, 15) is 4.79 Å². The van der Waals surface area contributed by atoms with E-state index >= 15 is 0 Å². The van der Waals surface area contributed by atoms with Crippen molar-refractivity contribution in [2.24, 2.45) is 5.92 Å². The molecule has 7 heteroatoms. The average molecular weight is 369 g/mol. The number of piperidine rings is 1. The Labute approximate surface area is 156 Å². The average Bonchev–Trinajstić information content (AvgIpc) is 2.62. The SMILES string of the molecule is CCOc1cccc(N2CCN(C(=O)[C@H]3CCN[C@@H](C)C3)CC2)n1.Cl. The number of rotatable bonds is 4. The monoisotopic (exact) mass is 368 g/mol. The van der Waals surface area contributed by atoms with E-state index in [0.29, 0.717) is 24.4 Å². The van der Waals surface area contributed by atoms with Crippen molar-refractivity contribution in [2.45, 2.75) is 32.7 Å². The molecular formula is C18H29ClN4O2. The molecule has 25 heavy (non-hydrogen) atoms. The second-order valence-electron chi connectivity index (χ2n) is 6.66. The van der Waals surface area contributed by atoms with Gasteiger partial charge in [-0.25, -0.2) is 0 Å². The van der Waals surface area contributed by atoms with Crippen molar-refractivity contribution in [3.05, 3.63) is 18.2 Å². The van der Waals surface area contributed by atoms with E-state index < -0.39 is 0 Å². The molecular weight excluding hydrogens is 340 g/mol. The number of piperazine rings is 1. The number of carbonyl (C=O) groups is 1. The molecule has 1 aromatic heterocycles. The molecule has 1 N–H and O–H groups in total. The minimum atomic E-state index is 0. The van der Waals surface area contributed by atoms with Gasteiger partial charge in [0.05, 0.1) is 6.61 Å². The smallest absolute Gasteiger partial charge is 0.225 e. The Balaban J connectivity index is 0.00000225. The third-order valence-electron chi connectivity index (χ3n) is 4.89. The maximum Gasteiger partial charge on any atom is 0.225 e. The van der Waals surface area contributed by atoms with Crippen molar-refractivity contribution >= 4 is 24.1 Å². The second kappa shape index (κ2) is 9.25. The molecule has 0 aromatic carbocycles. The van der Waals surface area contributed by atoms with Crippen molar-refractivity contribution in [1.82, 2.24) is 15.2 Å². The normalized spacial score (nSPS) is 23.8. The molecule has 6 nitrogen and oxygen atoms in total. The molecule has 3 heterocycles. The number of amides is 1. The molecule has 2 aliphatic rings. The number of hydrogen-bond donors (Lipinski definition) is 1. The van der Waals surface area contributed by atoms with Gasteiger partial charge in [-0.15, -0.1) is 12.4 Å². The highest BCUT2D eigenvalue weighted by atomic mass is 35.5. The molecule has 0 saturated carbocycles. The van der Waals surface area contributed by atoms with Gasteiger partial charge in [-0.05, 0) is 39.3 Å². The molecule has 0 unspecified atom stereocenters. The lowest BCUT2D eigenvalue weighted by atomic mass is 9.92. The zero-order valence-corrected chi connectivity index (χ0v) is 15.9. The van der Waals surface area contributed by atoms with Gasteiger partial charge < -0.3 is 19.9 Å². The van der Waals surface area contributed by atoms with Crippen LogP contribution in [0.5, 0.6) is 5.88 Å². The first-order valence-corrected chi connectivity index (χ1v) is 9.04. The molecule has 2 fully saturated rings. The van der Waals surface area contributed by atoms with Crippen molar-refractivity contribution < 1.29 is 9.53 Å². The van der Waals surface area contributed by atoms with Gasteiger partial charge >= 0.3 is 0 Å². The molecule has 0 bridgehead atoms.